The monoisotopic (exact) mass is 461 g/mol. The number of carbonyl (C=O) groups is 2. The number of hydrogen-bond acceptors (Lipinski definition) is 6. The number of nitrogens with zero attached hydrogens (tertiary/aromatic N) is 1. The van der Waals surface area contributed by atoms with Crippen LogP contribution in [0, 0.1) is 0 Å². The van der Waals surface area contributed by atoms with Gasteiger partial charge in [-0.25, -0.2) is 0 Å². The molecule has 0 aliphatic carbocycles. The lowest BCUT2D eigenvalue weighted by atomic mass is 9.99. The van der Waals surface area contributed by atoms with Crippen LogP contribution in [0.5, 0.6) is 11.5 Å². The molecule has 176 valence electrons. The second kappa shape index (κ2) is 10.3. The topological polar surface area (TPSA) is 89.2 Å². The second-order valence-corrected chi connectivity index (χ2v) is 7.90. The number of furan rings is 1. The highest BCUT2D eigenvalue weighted by molar-refractivity contribution is 6.46. The highest BCUT2D eigenvalue weighted by Crippen LogP contribution is 2.40. The van der Waals surface area contributed by atoms with Gasteiger partial charge < -0.3 is 23.9 Å². The predicted octanol–water partition coefficient (Wildman–Crippen LogP) is 5.09. The normalized spacial score (nSPS) is 17.2. The lowest BCUT2D eigenvalue weighted by Crippen LogP contribution is -2.29. The fraction of sp³-hybridized carbons (Fsp3) is 0.259. The van der Waals surface area contributed by atoms with E-state index in [0.717, 1.165) is 17.7 Å². The molecule has 7 nitrogen and oxygen atoms in total. The molecule has 1 aliphatic rings. The Kier molecular flexibility index (Phi) is 7.01. The molecule has 34 heavy (non-hydrogen) atoms. The standard InChI is InChI=1S/C27H27NO6/c1-3-14-33-21-8-5-7-19(16-21)25(29)23-24(22-9-6-15-34-22)28(27(31)26(23)30)17-18-10-12-20(13-11-18)32-4-2/h5-13,15-16,24,29H,3-4,14,17H2,1-2H3/b25-23-. The number of carbonyl (C=O) groups excluding carboxylic acids is 2. The highest BCUT2D eigenvalue weighted by atomic mass is 16.5. The van der Waals surface area contributed by atoms with Gasteiger partial charge in [-0.15, -0.1) is 0 Å². The van der Waals surface area contributed by atoms with Crippen LogP contribution in [0.2, 0.25) is 0 Å². The van der Waals surface area contributed by atoms with E-state index in [9.17, 15) is 14.7 Å². The number of ketones is 1. The van der Waals surface area contributed by atoms with Crippen molar-refractivity contribution in [3.05, 3.63) is 89.4 Å². The highest BCUT2D eigenvalue weighted by Gasteiger charge is 2.47. The van der Waals surface area contributed by atoms with Crippen LogP contribution in [0.4, 0.5) is 0 Å². The van der Waals surface area contributed by atoms with E-state index >= 15 is 0 Å². The van der Waals surface area contributed by atoms with E-state index in [0.29, 0.717) is 30.3 Å². The number of rotatable bonds is 9. The molecule has 2 heterocycles. The van der Waals surface area contributed by atoms with Gasteiger partial charge in [-0.3, -0.25) is 9.59 Å². The van der Waals surface area contributed by atoms with E-state index in [-0.39, 0.29) is 17.9 Å². The number of hydrogen-bond donors (Lipinski definition) is 1. The third-order valence-corrected chi connectivity index (χ3v) is 5.52. The molecule has 1 amide bonds. The Morgan fingerprint density at radius 1 is 1.00 bits per heavy atom. The first-order valence-corrected chi connectivity index (χ1v) is 11.3. The van der Waals surface area contributed by atoms with E-state index < -0.39 is 17.7 Å². The first kappa shape index (κ1) is 23.2. The summed E-state index contributed by atoms with van der Waals surface area (Å²) in [4.78, 5) is 27.6. The Morgan fingerprint density at radius 3 is 2.47 bits per heavy atom. The Balaban J connectivity index is 1.72. The number of amides is 1. The van der Waals surface area contributed by atoms with Crippen LogP contribution in [-0.4, -0.2) is 34.9 Å². The van der Waals surface area contributed by atoms with Crippen LogP contribution < -0.4 is 9.47 Å². The van der Waals surface area contributed by atoms with E-state index in [1.807, 2.05) is 38.1 Å². The molecule has 4 rings (SSSR count). The van der Waals surface area contributed by atoms with Gasteiger partial charge in [0.25, 0.3) is 11.7 Å². The lowest BCUT2D eigenvalue weighted by molar-refractivity contribution is -0.140. The molecule has 3 aromatic rings. The van der Waals surface area contributed by atoms with Crippen molar-refractivity contribution in [2.75, 3.05) is 13.2 Å². The van der Waals surface area contributed by atoms with E-state index in [2.05, 4.69) is 0 Å². The zero-order chi connectivity index (χ0) is 24.1. The zero-order valence-corrected chi connectivity index (χ0v) is 19.2. The summed E-state index contributed by atoms with van der Waals surface area (Å²) in [5.41, 5.74) is 1.19. The average molecular weight is 462 g/mol. The molecule has 1 atom stereocenters. The van der Waals surface area contributed by atoms with Crippen molar-refractivity contribution in [1.82, 2.24) is 4.90 Å². The smallest absolute Gasteiger partial charge is 0.296 e. The number of aliphatic hydroxyl groups excluding tert-OH is 1. The number of benzene rings is 2. The van der Waals surface area contributed by atoms with Crippen molar-refractivity contribution in [2.45, 2.75) is 32.9 Å². The molecule has 1 aliphatic heterocycles. The van der Waals surface area contributed by atoms with E-state index in [1.165, 1.54) is 11.2 Å². The third kappa shape index (κ3) is 4.69. The molecule has 1 unspecified atom stereocenters. The largest absolute Gasteiger partial charge is 0.507 e. The third-order valence-electron chi connectivity index (χ3n) is 5.52. The summed E-state index contributed by atoms with van der Waals surface area (Å²) in [6.07, 6.45) is 2.32. The van der Waals surface area contributed by atoms with Crippen LogP contribution in [0.1, 0.15) is 43.2 Å². The Hall–Kier alpha value is -4.00. The van der Waals surface area contributed by atoms with E-state index in [1.54, 1.807) is 36.4 Å². The van der Waals surface area contributed by atoms with Gasteiger partial charge in [-0.1, -0.05) is 31.2 Å². The molecule has 0 radical (unpaired) electrons. The first-order chi connectivity index (χ1) is 16.5. The van der Waals surface area contributed by atoms with Gasteiger partial charge in [0.05, 0.1) is 25.1 Å². The summed E-state index contributed by atoms with van der Waals surface area (Å²) in [5, 5.41) is 11.2. The average Bonchev–Trinajstić information content (AvgIpc) is 3.47. The number of aliphatic hydroxyl groups is 1. The molecule has 1 saturated heterocycles. The van der Waals surface area contributed by atoms with Crippen molar-refractivity contribution in [2.24, 2.45) is 0 Å². The molecule has 0 bridgehead atoms. The maximum Gasteiger partial charge on any atom is 0.296 e. The summed E-state index contributed by atoms with van der Waals surface area (Å²) in [6, 6.07) is 16.7. The quantitative estimate of drug-likeness (QED) is 0.271. The summed E-state index contributed by atoms with van der Waals surface area (Å²) in [7, 11) is 0. The second-order valence-electron chi connectivity index (χ2n) is 7.90. The molecular weight excluding hydrogens is 434 g/mol. The minimum Gasteiger partial charge on any atom is -0.507 e. The molecule has 7 heteroatoms. The van der Waals surface area contributed by atoms with Crippen molar-refractivity contribution < 1.29 is 28.6 Å². The molecule has 1 aromatic heterocycles. The summed E-state index contributed by atoms with van der Waals surface area (Å²) >= 11 is 0. The first-order valence-electron chi connectivity index (χ1n) is 11.3. The Labute approximate surface area is 198 Å². The Morgan fingerprint density at radius 2 is 1.79 bits per heavy atom. The van der Waals surface area contributed by atoms with Crippen molar-refractivity contribution in [1.29, 1.82) is 0 Å². The van der Waals surface area contributed by atoms with Gasteiger partial charge >= 0.3 is 0 Å². The fourth-order valence-electron chi connectivity index (χ4n) is 3.95. The predicted molar refractivity (Wildman–Crippen MR) is 126 cm³/mol. The molecule has 1 fully saturated rings. The van der Waals surface area contributed by atoms with Gasteiger partial charge in [0, 0.05) is 12.1 Å². The summed E-state index contributed by atoms with van der Waals surface area (Å²) in [5.74, 6) is -0.0361. The maximum absolute atomic E-state index is 13.1. The number of likely N-dealkylation sites (tertiary alicyclic amines) is 1. The van der Waals surface area contributed by atoms with Gasteiger partial charge in [0.2, 0.25) is 0 Å². The van der Waals surface area contributed by atoms with Gasteiger partial charge in [-0.05, 0) is 55.3 Å². The van der Waals surface area contributed by atoms with Crippen LogP contribution >= 0.6 is 0 Å². The zero-order valence-electron chi connectivity index (χ0n) is 19.2. The minimum atomic E-state index is -0.859. The van der Waals surface area contributed by atoms with Gasteiger partial charge in [0.15, 0.2) is 0 Å². The van der Waals surface area contributed by atoms with Crippen molar-refractivity contribution in [3.8, 4) is 11.5 Å². The maximum atomic E-state index is 13.1. The van der Waals surface area contributed by atoms with Crippen LogP contribution in [0.15, 0.2) is 76.9 Å². The van der Waals surface area contributed by atoms with Crippen LogP contribution in [0.3, 0.4) is 0 Å². The SMILES string of the molecule is CCCOc1cccc(/C(O)=C2/C(=O)C(=O)N(Cc3ccc(OCC)cc3)C2c2ccco2)c1. The van der Waals surface area contributed by atoms with Gasteiger partial charge in [0.1, 0.15) is 29.1 Å². The van der Waals surface area contributed by atoms with Gasteiger partial charge in [-0.2, -0.15) is 0 Å². The van der Waals surface area contributed by atoms with Crippen molar-refractivity contribution in [3.63, 3.8) is 0 Å². The molecule has 0 saturated carbocycles. The van der Waals surface area contributed by atoms with Crippen LogP contribution in [0.25, 0.3) is 5.76 Å². The summed E-state index contributed by atoms with van der Waals surface area (Å²) < 4.78 is 16.7. The molecule has 0 spiro atoms. The van der Waals surface area contributed by atoms with Crippen molar-refractivity contribution >= 4 is 17.4 Å². The van der Waals surface area contributed by atoms with Crippen LogP contribution in [-0.2, 0) is 16.1 Å². The molecule has 1 N–H and O–H groups in total. The Bertz CT molecular complexity index is 1180. The molecule has 2 aromatic carbocycles. The fourth-order valence-corrected chi connectivity index (χ4v) is 3.95. The molecular formula is C27H27NO6. The van der Waals surface area contributed by atoms with E-state index in [4.69, 9.17) is 13.9 Å². The number of ether oxygens (including phenoxy) is 2. The summed E-state index contributed by atoms with van der Waals surface area (Å²) in [6.45, 7) is 5.15. The number of Topliss-reactive ketones (excluding diaryl/α,β-unsaturated/α-hetero) is 1. The minimum absolute atomic E-state index is 0.0153. The lowest BCUT2D eigenvalue weighted by Gasteiger charge is -2.23.